The zero-order chi connectivity index (χ0) is 21.0. The van der Waals surface area contributed by atoms with E-state index in [9.17, 15) is 24.1 Å². The van der Waals surface area contributed by atoms with Crippen molar-refractivity contribution in [3.8, 4) is 10.6 Å². The number of nitrogens with zero attached hydrogens (tertiary/aromatic N) is 2. The number of nitro groups is 1. The number of ether oxygens (including phenoxy) is 1. The predicted octanol–water partition coefficient (Wildman–Crippen LogP) is 4.31. The second-order valence-electron chi connectivity index (χ2n) is 5.59. The van der Waals surface area contributed by atoms with Crippen molar-refractivity contribution in [3.05, 3.63) is 74.5 Å². The Bertz CT molecular complexity index is 1100. The first-order valence-corrected chi connectivity index (χ1v) is 9.21. The lowest BCUT2D eigenvalue weighted by Crippen LogP contribution is -2.21. The first-order chi connectivity index (χ1) is 13.8. The number of carbonyl (C=O) groups is 2. The number of rotatable bonds is 6. The quantitative estimate of drug-likeness (QED) is 0.351. The third-order valence-corrected chi connectivity index (χ3v) is 4.68. The molecular weight excluding hydrogens is 425 g/mol. The van der Waals surface area contributed by atoms with Gasteiger partial charge in [-0.1, -0.05) is 23.7 Å². The van der Waals surface area contributed by atoms with E-state index < -0.39 is 40.6 Å². The van der Waals surface area contributed by atoms with Crippen molar-refractivity contribution >= 4 is 46.2 Å². The minimum atomic E-state index is -0.860. The van der Waals surface area contributed by atoms with Gasteiger partial charge in [-0.25, -0.2) is 14.2 Å². The summed E-state index contributed by atoms with van der Waals surface area (Å²) in [6.07, 6.45) is 0. The van der Waals surface area contributed by atoms with E-state index in [2.05, 4.69) is 10.3 Å². The number of anilines is 1. The lowest BCUT2D eigenvalue weighted by Gasteiger charge is -2.06. The van der Waals surface area contributed by atoms with Gasteiger partial charge in [-0.05, 0) is 18.2 Å². The molecular formula is C18H11ClFN3O5S. The molecule has 11 heteroatoms. The largest absolute Gasteiger partial charge is 0.451 e. The van der Waals surface area contributed by atoms with Crippen LogP contribution in [0.25, 0.3) is 10.6 Å². The van der Waals surface area contributed by atoms with Gasteiger partial charge in [0.25, 0.3) is 11.6 Å². The van der Waals surface area contributed by atoms with Crippen molar-refractivity contribution in [2.24, 2.45) is 0 Å². The topological polar surface area (TPSA) is 111 Å². The molecule has 2 aromatic carbocycles. The molecule has 1 amide bonds. The van der Waals surface area contributed by atoms with Crippen LogP contribution in [0.5, 0.6) is 0 Å². The number of thiazole rings is 1. The molecule has 0 fully saturated rings. The van der Waals surface area contributed by atoms with Gasteiger partial charge in [0, 0.05) is 28.1 Å². The Morgan fingerprint density at radius 1 is 1.28 bits per heavy atom. The summed E-state index contributed by atoms with van der Waals surface area (Å²) in [5.41, 5.74) is -0.0633. The van der Waals surface area contributed by atoms with Crippen molar-refractivity contribution in [1.29, 1.82) is 0 Å². The Kier molecular flexibility index (Phi) is 6.15. The number of nitrogens with one attached hydrogen (secondary N) is 1. The van der Waals surface area contributed by atoms with Crippen LogP contribution in [-0.2, 0) is 9.53 Å². The van der Waals surface area contributed by atoms with Crippen molar-refractivity contribution in [1.82, 2.24) is 4.98 Å². The number of hydrogen-bond donors (Lipinski definition) is 1. The first kappa shape index (κ1) is 20.4. The monoisotopic (exact) mass is 435 g/mol. The molecule has 29 heavy (non-hydrogen) atoms. The van der Waals surface area contributed by atoms with Crippen LogP contribution in [0.4, 0.5) is 15.8 Å². The minimum Gasteiger partial charge on any atom is -0.451 e. The van der Waals surface area contributed by atoms with E-state index in [1.165, 1.54) is 16.7 Å². The zero-order valence-electron chi connectivity index (χ0n) is 14.4. The highest BCUT2D eigenvalue weighted by atomic mass is 35.5. The molecule has 148 valence electrons. The van der Waals surface area contributed by atoms with Crippen LogP contribution in [0.15, 0.2) is 47.8 Å². The molecule has 0 saturated heterocycles. The fourth-order valence-electron chi connectivity index (χ4n) is 2.24. The third-order valence-electron chi connectivity index (χ3n) is 3.55. The van der Waals surface area contributed by atoms with Gasteiger partial charge in [0.15, 0.2) is 12.3 Å². The van der Waals surface area contributed by atoms with Gasteiger partial charge in [0.1, 0.15) is 10.8 Å². The van der Waals surface area contributed by atoms with E-state index >= 15 is 0 Å². The van der Waals surface area contributed by atoms with Crippen molar-refractivity contribution in [3.63, 3.8) is 0 Å². The normalized spacial score (nSPS) is 10.4. The smallest absolute Gasteiger partial charge is 0.358 e. The SMILES string of the molecule is O=C(COC(=O)c1csc(-c2cccc(Cl)c2)n1)Nc1cc([N+](=O)[O-])ccc1F. The number of benzene rings is 2. The second kappa shape index (κ2) is 8.76. The molecule has 0 saturated carbocycles. The number of amides is 1. The second-order valence-corrected chi connectivity index (χ2v) is 6.89. The molecule has 0 spiro atoms. The predicted molar refractivity (Wildman–Crippen MR) is 105 cm³/mol. The molecule has 0 atom stereocenters. The van der Waals surface area contributed by atoms with Gasteiger partial charge in [-0.15, -0.1) is 11.3 Å². The highest BCUT2D eigenvalue weighted by Gasteiger charge is 2.17. The lowest BCUT2D eigenvalue weighted by atomic mass is 10.2. The molecule has 0 radical (unpaired) electrons. The van der Waals surface area contributed by atoms with Gasteiger partial charge < -0.3 is 10.1 Å². The maximum atomic E-state index is 13.7. The fourth-order valence-corrected chi connectivity index (χ4v) is 3.21. The summed E-state index contributed by atoms with van der Waals surface area (Å²) in [6, 6.07) is 9.60. The number of aromatic nitrogens is 1. The molecule has 1 aromatic heterocycles. The zero-order valence-corrected chi connectivity index (χ0v) is 16.0. The van der Waals surface area contributed by atoms with E-state index in [4.69, 9.17) is 16.3 Å². The maximum Gasteiger partial charge on any atom is 0.358 e. The summed E-state index contributed by atoms with van der Waals surface area (Å²) >= 11 is 7.13. The van der Waals surface area contributed by atoms with Gasteiger partial charge in [-0.3, -0.25) is 14.9 Å². The third kappa shape index (κ3) is 5.12. The van der Waals surface area contributed by atoms with Crippen molar-refractivity contribution < 1.29 is 23.6 Å². The summed E-state index contributed by atoms with van der Waals surface area (Å²) in [5, 5.41) is 15.4. The standard InChI is InChI=1S/C18H11ClFN3O5S/c19-11-3-1-2-10(6-11)17-22-15(9-29-17)18(25)28-8-16(24)21-14-7-12(23(26)27)4-5-13(14)20/h1-7,9H,8H2,(H,21,24). The van der Waals surface area contributed by atoms with E-state index in [0.29, 0.717) is 10.0 Å². The average molecular weight is 436 g/mol. The summed E-state index contributed by atoms with van der Waals surface area (Å²) < 4.78 is 18.5. The Morgan fingerprint density at radius 2 is 2.07 bits per heavy atom. The van der Waals surface area contributed by atoms with Crippen LogP contribution in [0.3, 0.4) is 0 Å². The van der Waals surface area contributed by atoms with Gasteiger partial charge in [0.2, 0.25) is 0 Å². The fraction of sp³-hybridized carbons (Fsp3) is 0.0556. The van der Waals surface area contributed by atoms with E-state index in [-0.39, 0.29) is 5.69 Å². The van der Waals surface area contributed by atoms with Crippen LogP contribution in [0.2, 0.25) is 5.02 Å². The molecule has 3 rings (SSSR count). The molecule has 1 N–H and O–H groups in total. The molecule has 8 nitrogen and oxygen atoms in total. The summed E-state index contributed by atoms with van der Waals surface area (Å²) in [4.78, 5) is 38.1. The summed E-state index contributed by atoms with van der Waals surface area (Å²) in [7, 11) is 0. The van der Waals surface area contributed by atoms with Gasteiger partial charge >= 0.3 is 5.97 Å². The maximum absolute atomic E-state index is 13.7. The average Bonchev–Trinajstić information content (AvgIpc) is 3.18. The van der Waals surface area contributed by atoms with Crippen LogP contribution in [0, 0.1) is 15.9 Å². The Balaban J connectivity index is 1.60. The number of nitro benzene ring substituents is 1. The lowest BCUT2D eigenvalue weighted by molar-refractivity contribution is -0.384. The Hall–Kier alpha value is -3.37. The minimum absolute atomic E-state index is 0.000644. The number of carbonyl (C=O) groups excluding carboxylic acids is 2. The van der Waals surface area contributed by atoms with Gasteiger partial charge in [-0.2, -0.15) is 0 Å². The molecule has 1 heterocycles. The Labute approximate surface area is 172 Å². The highest BCUT2D eigenvalue weighted by molar-refractivity contribution is 7.13. The van der Waals surface area contributed by atoms with Crippen LogP contribution < -0.4 is 5.32 Å². The molecule has 0 aliphatic rings. The van der Waals surface area contributed by atoms with Gasteiger partial charge in [0.05, 0.1) is 10.6 Å². The molecule has 0 bridgehead atoms. The van der Waals surface area contributed by atoms with Crippen molar-refractivity contribution in [2.75, 3.05) is 11.9 Å². The van der Waals surface area contributed by atoms with E-state index in [0.717, 1.165) is 23.8 Å². The molecule has 0 unspecified atom stereocenters. The van der Waals surface area contributed by atoms with Crippen LogP contribution in [0.1, 0.15) is 10.5 Å². The number of non-ortho nitro benzene ring substituents is 1. The highest BCUT2D eigenvalue weighted by Crippen LogP contribution is 2.26. The summed E-state index contributed by atoms with van der Waals surface area (Å²) in [5.74, 6) is -2.56. The van der Waals surface area contributed by atoms with Crippen LogP contribution >= 0.6 is 22.9 Å². The summed E-state index contributed by atoms with van der Waals surface area (Å²) in [6.45, 7) is -0.717. The van der Waals surface area contributed by atoms with E-state index in [1.807, 2.05) is 0 Å². The Morgan fingerprint density at radius 3 is 2.79 bits per heavy atom. The number of hydrogen-bond acceptors (Lipinski definition) is 7. The number of esters is 1. The van der Waals surface area contributed by atoms with Crippen LogP contribution in [-0.4, -0.2) is 28.4 Å². The number of halogens is 2. The van der Waals surface area contributed by atoms with E-state index in [1.54, 1.807) is 24.3 Å². The first-order valence-electron chi connectivity index (χ1n) is 7.96. The molecule has 3 aromatic rings. The van der Waals surface area contributed by atoms with Crippen molar-refractivity contribution in [2.45, 2.75) is 0 Å². The molecule has 0 aliphatic heterocycles. The molecule has 0 aliphatic carbocycles.